The third kappa shape index (κ3) is 2.57. The molecule has 1 rings (SSSR count). The number of aliphatic hydroxyl groups excluding tert-OH is 1. The molecule has 2 heteroatoms. The summed E-state index contributed by atoms with van der Waals surface area (Å²) in [5.41, 5.74) is 3.86. The summed E-state index contributed by atoms with van der Waals surface area (Å²) < 4.78 is 2.27. The highest BCUT2D eigenvalue weighted by atomic mass is 16.3. The van der Waals surface area contributed by atoms with E-state index >= 15 is 0 Å². The summed E-state index contributed by atoms with van der Waals surface area (Å²) in [6, 6.07) is 4.61. The molecule has 0 radical (unpaired) electrons. The molecule has 0 aliphatic carbocycles. The second-order valence-corrected chi connectivity index (χ2v) is 4.13. The Morgan fingerprint density at radius 3 is 2.40 bits per heavy atom. The van der Waals surface area contributed by atoms with E-state index in [0.717, 1.165) is 12.8 Å². The molecule has 0 aliphatic heterocycles. The number of aromatic nitrogens is 1. The summed E-state index contributed by atoms with van der Waals surface area (Å²) in [5.74, 6) is 0. The quantitative estimate of drug-likeness (QED) is 0.753. The van der Waals surface area contributed by atoms with Gasteiger partial charge in [-0.25, -0.2) is 0 Å². The minimum Gasteiger partial charge on any atom is -0.389 e. The van der Waals surface area contributed by atoms with Gasteiger partial charge in [-0.15, -0.1) is 0 Å². The van der Waals surface area contributed by atoms with E-state index in [4.69, 9.17) is 0 Å². The van der Waals surface area contributed by atoms with Gasteiger partial charge in [-0.2, -0.15) is 4.57 Å². The zero-order valence-electron chi connectivity index (χ0n) is 10.2. The molecule has 1 heterocycles. The van der Waals surface area contributed by atoms with Crippen molar-refractivity contribution in [1.29, 1.82) is 0 Å². The van der Waals surface area contributed by atoms with Crippen molar-refractivity contribution >= 4 is 0 Å². The van der Waals surface area contributed by atoms with E-state index in [1.807, 2.05) is 0 Å². The number of hydrogen-bond donors (Lipinski definition) is 1. The fraction of sp³-hybridized carbons (Fsp3) is 0.615. The largest absolute Gasteiger partial charge is 0.389 e. The SMILES string of the molecule is CCc1cc(C)cc(C)[n+]1[C@H](CC)CO. The highest BCUT2D eigenvalue weighted by Gasteiger charge is 2.22. The van der Waals surface area contributed by atoms with Gasteiger partial charge in [-0.1, -0.05) is 13.8 Å². The Labute approximate surface area is 92.6 Å². The van der Waals surface area contributed by atoms with Crippen LogP contribution in [0.1, 0.15) is 43.3 Å². The monoisotopic (exact) mass is 208 g/mol. The van der Waals surface area contributed by atoms with Crippen molar-refractivity contribution in [2.45, 2.75) is 46.6 Å². The molecule has 0 aromatic carbocycles. The summed E-state index contributed by atoms with van der Waals surface area (Å²) in [5, 5.41) is 9.37. The van der Waals surface area contributed by atoms with Gasteiger partial charge in [-0.3, -0.25) is 0 Å². The number of hydrogen-bond acceptors (Lipinski definition) is 1. The lowest BCUT2D eigenvalue weighted by atomic mass is 10.1. The topological polar surface area (TPSA) is 24.1 Å². The van der Waals surface area contributed by atoms with Gasteiger partial charge in [0.15, 0.2) is 17.4 Å². The molecule has 1 aromatic rings. The molecule has 2 nitrogen and oxygen atoms in total. The predicted molar refractivity (Wildman–Crippen MR) is 61.9 cm³/mol. The van der Waals surface area contributed by atoms with Gasteiger partial charge < -0.3 is 5.11 Å². The highest BCUT2D eigenvalue weighted by molar-refractivity contribution is 5.14. The second-order valence-electron chi connectivity index (χ2n) is 4.13. The first-order chi connectivity index (χ1) is 7.13. The fourth-order valence-corrected chi connectivity index (χ4v) is 2.19. The average Bonchev–Trinajstić information content (AvgIpc) is 2.21. The molecule has 0 saturated carbocycles. The summed E-state index contributed by atoms with van der Waals surface area (Å²) in [6.07, 6.45) is 1.98. The normalized spacial score (nSPS) is 12.9. The van der Waals surface area contributed by atoms with Crippen LogP contribution in [0.4, 0.5) is 0 Å². The van der Waals surface area contributed by atoms with Crippen LogP contribution in [0.15, 0.2) is 12.1 Å². The van der Waals surface area contributed by atoms with Gasteiger partial charge in [0.1, 0.15) is 6.61 Å². The Kier molecular flexibility index (Phi) is 4.28. The van der Waals surface area contributed by atoms with Crippen molar-refractivity contribution in [1.82, 2.24) is 0 Å². The maximum Gasteiger partial charge on any atom is 0.181 e. The molecular formula is C13H22NO+. The molecule has 1 atom stereocenters. The molecule has 0 aliphatic rings. The third-order valence-corrected chi connectivity index (χ3v) is 2.93. The second kappa shape index (κ2) is 5.26. The number of nitrogens with zero attached hydrogens (tertiary/aromatic N) is 1. The summed E-state index contributed by atoms with van der Waals surface area (Å²) in [6.45, 7) is 8.74. The molecule has 0 bridgehead atoms. The molecular weight excluding hydrogens is 186 g/mol. The predicted octanol–water partition coefficient (Wildman–Crippen LogP) is 2.10. The van der Waals surface area contributed by atoms with E-state index in [1.54, 1.807) is 0 Å². The zero-order valence-corrected chi connectivity index (χ0v) is 10.2. The molecule has 1 aromatic heterocycles. The first-order valence-electron chi connectivity index (χ1n) is 5.76. The van der Waals surface area contributed by atoms with Crippen LogP contribution in [0, 0.1) is 13.8 Å². The van der Waals surface area contributed by atoms with Crippen molar-refractivity contribution in [3.8, 4) is 0 Å². The lowest BCUT2D eigenvalue weighted by Crippen LogP contribution is -2.47. The molecule has 0 amide bonds. The van der Waals surface area contributed by atoms with Gasteiger partial charge >= 0.3 is 0 Å². The first kappa shape index (κ1) is 12.2. The van der Waals surface area contributed by atoms with Crippen molar-refractivity contribution < 1.29 is 9.67 Å². The highest BCUT2D eigenvalue weighted by Crippen LogP contribution is 2.10. The van der Waals surface area contributed by atoms with Gasteiger partial charge in [0.25, 0.3) is 0 Å². The van der Waals surface area contributed by atoms with Crippen LogP contribution < -0.4 is 4.57 Å². The Hall–Kier alpha value is -0.890. The van der Waals surface area contributed by atoms with Crippen LogP contribution in [-0.4, -0.2) is 11.7 Å². The van der Waals surface area contributed by atoms with Gasteiger partial charge in [-0.05, 0) is 12.5 Å². The standard InChI is InChI=1S/C13H22NO/c1-5-12-8-10(3)7-11(4)14(12)13(6-2)9-15/h7-8,13,15H,5-6,9H2,1-4H3/q+1/t13-/m1/s1. The number of pyridine rings is 1. The van der Waals surface area contributed by atoms with E-state index in [9.17, 15) is 5.11 Å². The molecule has 84 valence electrons. The van der Waals surface area contributed by atoms with Gasteiger partial charge in [0.2, 0.25) is 0 Å². The number of rotatable bonds is 4. The van der Waals surface area contributed by atoms with Crippen molar-refractivity contribution in [2.75, 3.05) is 6.61 Å². The van der Waals surface area contributed by atoms with E-state index in [2.05, 4.69) is 44.4 Å². The third-order valence-electron chi connectivity index (χ3n) is 2.93. The summed E-state index contributed by atoms with van der Waals surface area (Å²) in [4.78, 5) is 0. The molecule has 15 heavy (non-hydrogen) atoms. The number of aliphatic hydroxyl groups is 1. The van der Waals surface area contributed by atoms with E-state index in [-0.39, 0.29) is 12.6 Å². The van der Waals surface area contributed by atoms with Gasteiger partial charge in [0.05, 0.1) is 0 Å². The maximum absolute atomic E-state index is 9.37. The maximum atomic E-state index is 9.37. The summed E-state index contributed by atoms with van der Waals surface area (Å²) in [7, 11) is 0. The molecule has 1 N–H and O–H groups in total. The van der Waals surface area contributed by atoms with Crippen molar-refractivity contribution in [3.63, 3.8) is 0 Å². The van der Waals surface area contributed by atoms with Crippen LogP contribution in [0.3, 0.4) is 0 Å². The fourth-order valence-electron chi connectivity index (χ4n) is 2.19. The van der Waals surface area contributed by atoms with Crippen LogP contribution in [0.25, 0.3) is 0 Å². The molecule has 0 spiro atoms. The lowest BCUT2D eigenvalue weighted by Gasteiger charge is -2.13. The Morgan fingerprint density at radius 2 is 1.93 bits per heavy atom. The van der Waals surface area contributed by atoms with Crippen LogP contribution in [0.2, 0.25) is 0 Å². The number of aryl methyl sites for hydroxylation is 3. The first-order valence-corrected chi connectivity index (χ1v) is 5.76. The Balaban J connectivity index is 3.24. The minimum atomic E-state index is 0.220. The van der Waals surface area contributed by atoms with Gasteiger partial charge in [0, 0.05) is 31.9 Å². The lowest BCUT2D eigenvalue weighted by molar-refractivity contribution is -0.736. The summed E-state index contributed by atoms with van der Waals surface area (Å²) >= 11 is 0. The Morgan fingerprint density at radius 1 is 1.27 bits per heavy atom. The average molecular weight is 208 g/mol. The van der Waals surface area contributed by atoms with Crippen LogP contribution in [0.5, 0.6) is 0 Å². The van der Waals surface area contributed by atoms with Crippen LogP contribution >= 0.6 is 0 Å². The smallest absolute Gasteiger partial charge is 0.181 e. The molecule has 0 unspecified atom stereocenters. The van der Waals surface area contributed by atoms with Crippen molar-refractivity contribution in [3.05, 3.63) is 29.1 Å². The molecule has 0 fully saturated rings. The Bertz CT molecular complexity index is 330. The van der Waals surface area contributed by atoms with E-state index in [0.29, 0.717) is 0 Å². The zero-order chi connectivity index (χ0) is 11.4. The molecule has 0 saturated heterocycles. The van der Waals surface area contributed by atoms with E-state index in [1.165, 1.54) is 17.0 Å². The van der Waals surface area contributed by atoms with Crippen LogP contribution in [-0.2, 0) is 6.42 Å². The minimum absolute atomic E-state index is 0.220. The van der Waals surface area contributed by atoms with Crippen molar-refractivity contribution in [2.24, 2.45) is 0 Å². The van der Waals surface area contributed by atoms with E-state index < -0.39 is 0 Å².